The Hall–Kier alpha value is -4.53. The van der Waals surface area contributed by atoms with Gasteiger partial charge in [-0.1, -0.05) is 36.4 Å². The molecule has 4 aliphatic rings. The van der Waals surface area contributed by atoms with Gasteiger partial charge in [-0.05, 0) is 76.1 Å². The third-order valence-electron chi connectivity index (χ3n) is 10.8. The van der Waals surface area contributed by atoms with E-state index in [0.29, 0.717) is 91.0 Å². The zero-order valence-electron chi connectivity index (χ0n) is 31.3. The maximum absolute atomic E-state index is 14.0. The van der Waals surface area contributed by atoms with Crippen LogP contribution in [0, 0.1) is 0 Å². The minimum atomic E-state index is -4.57. The van der Waals surface area contributed by atoms with Gasteiger partial charge in [-0.15, -0.1) is 0 Å². The minimum absolute atomic E-state index is 0.0903. The number of carbonyl (C=O) groups is 4. The van der Waals surface area contributed by atoms with Crippen LogP contribution in [-0.4, -0.2) is 131 Å². The first kappa shape index (κ1) is 39.2. The number of piperidine rings is 2. The summed E-state index contributed by atoms with van der Waals surface area (Å²) in [4.78, 5) is 62.2. The molecule has 0 radical (unpaired) electrons. The predicted octanol–water partition coefficient (Wildman–Crippen LogP) is 5.85. The second-order valence-electron chi connectivity index (χ2n) is 15.6. The number of benzene rings is 2. The number of likely N-dealkylation sites (tertiary alicyclic amines) is 2. The Balaban J connectivity index is 1.06. The number of alkyl halides is 3. The van der Waals surface area contributed by atoms with Gasteiger partial charge in [-0.3, -0.25) is 9.69 Å². The molecule has 15 heteroatoms. The molecule has 1 atom stereocenters. The molecule has 0 spiro atoms. The molecule has 3 saturated heterocycles. The molecule has 4 aliphatic heterocycles. The van der Waals surface area contributed by atoms with Crippen LogP contribution in [0.5, 0.6) is 0 Å². The van der Waals surface area contributed by atoms with Crippen LogP contribution in [0.2, 0.25) is 0 Å². The fourth-order valence-electron chi connectivity index (χ4n) is 7.81. The molecule has 0 aromatic heterocycles. The van der Waals surface area contributed by atoms with Gasteiger partial charge in [-0.2, -0.15) is 13.2 Å². The first-order chi connectivity index (χ1) is 25.6. The first-order valence-electron chi connectivity index (χ1n) is 18.9. The molecule has 3 fully saturated rings. The van der Waals surface area contributed by atoms with Crippen LogP contribution in [0.3, 0.4) is 0 Å². The van der Waals surface area contributed by atoms with Crippen molar-refractivity contribution >= 4 is 29.8 Å². The van der Waals surface area contributed by atoms with Crippen molar-refractivity contribution in [3.63, 3.8) is 0 Å². The summed E-state index contributed by atoms with van der Waals surface area (Å²) >= 11 is 0. The molecule has 0 unspecified atom stereocenters. The van der Waals surface area contributed by atoms with Crippen molar-refractivity contribution in [3.8, 4) is 0 Å². The first-order valence-corrected chi connectivity index (χ1v) is 18.9. The summed E-state index contributed by atoms with van der Waals surface area (Å²) in [5, 5.41) is 2.99. The van der Waals surface area contributed by atoms with E-state index in [4.69, 9.17) is 9.47 Å². The van der Waals surface area contributed by atoms with Gasteiger partial charge >= 0.3 is 24.4 Å². The smallest absolute Gasteiger partial charge is 0.416 e. The fraction of sp³-hybridized carbons (Fsp3) is 0.590. The molecule has 1 N–H and O–H groups in total. The van der Waals surface area contributed by atoms with Crippen molar-refractivity contribution < 1.29 is 41.8 Å². The average Bonchev–Trinajstić information content (AvgIpc) is 3.31. The number of rotatable bonds is 6. The summed E-state index contributed by atoms with van der Waals surface area (Å²) in [6.07, 6.45) is -4.03. The van der Waals surface area contributed by atoms with Crippen molar-refractivity contribution in [3.05, 3.63) is 65.2 Å². The Morgan fingerprint density at radius 3 is 2.07 bits per heavy atom. The molecule has 0 bridgehead atoms. The van der Waals surface area contributed by atoms with Gasteiger partial charge in [0, 0.05) is 83.1 Å². The van der Waals surface area contributed by atoms with Crippen molar-refractivity contribution in [1.29, 1.82) is 0 Å². The van der Waals surface area contributed by atoms with E-state index in [9.17, 15) is 32.3 Å². The summed E-state index contributed by atoms with van der Waals surface area (Å²) in [6.45, 7) is 9.91. The van der Waals surface area contributed by atoms with Gasteiger partial charge < -0.3 is 34.4 Å². The normalized spacial score (nSPS) is 20.1. The molecule has 2 aromatic rings. The number of hydrogen-bond acceptors (Lipinski definition) is 7. The van der Waals surface area contributed by atoms with E-state index in [2.05, 4.69) is 10.2 Å². The van der Waals surface area contributed by atoms with Crippen molar-refractivity contribution in [2.75, 3.05) is 64.2 Å². The standard InChI is InChI=1S/C39H51F3N6O6/c1-38(2,3)54-37(52)47-23-21-44(22-24-47)30-12-16-45(17-13-30)34(49)33(26-27-7-6-9-29(25-27)39(40,41)42)53-36(51)46-18-14-31(15-19-46)48-20-11-28-8-4-5-10-32(28)43-35(48)50/h4-10,25,30-31,33H,11-24,26H2,1-3H3,(H,43,50)/t33-/m1/s1. The van der Waals surface area contributed by atoms with Gasteiger partial charge in [0.1, 0.15) is 5.60 Å². The SMILES string of the molecule is CC(C)(C)OC(=O)N1CCN(C2CCN(C(=O)[C@@H](Cc3cccc(C(F)(F)F)c3)OC(=O)N3CCC(N4CCc5ccccc5NC4=O)CC3)CC2)CC1. The van der Waals surface area contributed by atoms with E-state index >= 15 is 0 Å². The van der Waals surface area contributed by atoms with Gasteiger partial charge in [0.25, 0.3) is 5.91 Å². The van der Waals surface area contributed by atoms with Crippen LogP contribution in [0.4, 0.5) is 33.2 Å². The molecular weight excluding hydrogens is 705 g/mol. The van der Waals surface area contributed by atoms with E-state index in [1.807, 2.05) is 49.9 Å². The summed E-state index contributed by atoms with van der Waals surface area (Å²) in [7, 11) is 0. The Kier molecular flexibility index (Phi) is 11.9. The lowest BCUT2D eigenvalue weighted by Gasteiger charge is -2.43. The molecule has 6 rings (SSSR count). The minimum Gasteiger partial charge on any atom is -0.444 e. The van der Waals surface area contributed by atoms with Gasteiger partial charge in [0.15, 0.2) is 6.10 Å². The van der Waals surface area contributed by atoms with Crippen LogP contribution in [0.25, 0.3) is 0 Å². The highest BCUT2D eigenvalue weighted by atomic mass is 19.4. The maximum atomic E-state index is 14.0. The van der Waals surface area contributed by atoms with Crippen LogP contribution >= 0.6 is 0 Å². The number of amides is 5. The largest absolute Gasteiger partial charge is 0.444 e. The van der Waals surface area contributed by atoms with E-state index in [1.165, 1.54) is 17.0 Å². The third kappa shape index (κ3) is 9.76. The fourth-order valence-corrected chi connectivity index (χ4v) is 7.81. The second kappa shape index (κ2) is 16.5. The third-order valence-corrected chi connectivity index (χ3v) is 10.8. The topological polar surface area (TPSA) is 115 Å². The number of urea groups is 1. The van der Waals surface area contributed by atoms with E-state index in [-0.39, 0.29) is 36.2 Å². The number of fused-ring (bicyclic) bond motifs is 1. The highest BCUT2D eigenvalue weighted by Crippen LogP contribution is 2.31. The molecule has 5 amide bonds. The molecule has 12 nitrogen and oxygen atoms in total. The van der Waals surface area contributed by atoms with Crippen molar-refractivity contribution in [2.24, 2.45) is 0 Å². The monoisotopic (exact) mass is 756 g/mol. The lowest BCUT2D eigenvalue weighted by molar-refractivity contribution is -0.142. The maximum Gasteiger partial charge on any atom is 0.416 e. The van der Waals surface area contributed by atoms with Gasteiger partial charge in [0.2, 0.25) is 0 Å². The number of halogens is 3. The number of para-hydroxylation sites is 1. The molecular formula is C39H51F3N6O6. The highest BCUT2D eigenvalue weighted by molar-refractivity contribution is 5.91. The molecule has 294 valence electrons. The number of nitrogens with one attached hydrogen (secondary N) is 1. The van der Waals surface area contributed by atoms with Crippen LogP contribution in [0.1, 0.15) is 63.1 Å². The number of nitrogens with zero attached hydrogens (tertiary/aromatic N) is 5. The van der Waals surface area contributed by atoms with Crippen molar-refractivity contribution in [2.45, 2.75) is 89.3 Å². The Morgan fingerprint density at radius 1 is 0.778 bits per heavy atom. The molecule has 0 aliphatic carbocycles. The average molecular weight is 757 g/mol. The number of piperazine rings is 1. The Labute approximate surface area is 314 Å². The zero-order valence-corrected chi connectivity index (χ0v) is 31.3. The van der Waals surface area contributed by atoms with Crippen LogP contribution in [-0.2, 0) is 33.3 Å². The quantitative estimate of drug-likeness (QED) is 0.394. The number of hydrogen-bond donors (Lipinski definition) is 1. The van der Waals surface area contributed by atoms with E-state index in [1.54, 1.807) is 9.80 Å². The van der Waals surface area contributed by atoms with E-state index < -0.39 is 35.4 Å². The van der Waals surface area contributed by atoms with E-state index in [0.717, 1.165) is 23.4 Å². The molecule has 0 saturated carbocycles. The molecule has 54 heavy (non-hydrogen) atoms. The number of ether oxygens (including phenoxy) is 2. The Bertz CT molecular complexity index is 1660. The second-order valence-corrected chi connectivity index (χ2v) is 15.6. The lowest BCUT2D eigenvalue weighted by atomic mass is 10.00. The van der Waals surface area contributed by atoms with Crippen LogP contribution in [0.15, 0.2) is 48.5 Å². The number of anilines is 1. The molecule has 2 aromatic carbocycles. The summed E-state index contributed by atoms with van der Waals surface area (Å²) < 4.78 is 52.1. The van der Waals surface area contributed by atoms with Crippen molar-refractivity contribution in [1.82, 2.24) is 24.5 Å². The summed E-state index contributed by atoms with van der Waals surface area (Å²) in [5.41, 5.74) is 0.685. The van der Waals surface area contributed by atoms with Gasteiger partial charge in [-0.25, -0.2) is 14.4 Å². The predicted molar refractivity (Wildman–Crippen MR) is 195 cm³/mol. The summed E-state index contributed by atoms with van der Waals surface area (Å²) in [5.74, 6) is -0.440. The zero-order chi connectivity index (χ0) is 38.6. The van der Waals surface area contributed by atoms with Gasteiger partial charge in [0.05, 0.1) is 5.56 Å². The molecule has 4 heterocycles. The number of carbonyl (C=O) groups excluding carboxylic acids is 4. The Morgan fingerprint density at radius 2 is 1.41 bits per heavy atom. The lowest BCUT2D eigenvalue weighted by Crippen LogP contribution is -2.56. The van der Waals surface area contributed by atoms with Crippen LogP contribution < -0.4 is 5.32 Å². The highest BCUT2D eigenvalue weighted by Gasteiger charge is 2.38. The summed E-state index contributed by atoms with van der Waals surface area (Å²) in [6, 6.07) is 12.4.